The van der Waals surface area contributed by atoms with Crippen LogP contribution in [0.15, 0.2) is 46.6 Å². The number of ether oxygens (including phenoxy) is 1. The van der Waals surface area contributed by atoms with E-state index in [4.69, 9.17) is 14.7 Å². The molecule has 27 heavy (non-hydrogen) atoms. The Kier molecular flexibility index (Phi) is 8.02. The highest BCUT2D eigenvalue weighted by atomic mass is 16.5. The van der Waals surface area contributed by atoms with Crippen molar-refractivity contribution in [2.75, 3.05) is 7.11 Å². The molecule has 9 heteroatoms. The van der Waals surface area contributed by atoms with Crippen LogP contribution in [0.1, 0.15) is 21.5 Å². The van der Waals surface area contributed by atoms with Crippen molar-refractivity contribution in [2.45, 2.75) is 13.3 Å². The number of hydrogen-bond donors (Lipinski definition) is 2. The fraction of sp³-hybridized carbons (Fsp3) is 0.167. The monoisotopic (exact) mass is 372 g/mol. The summed E-state index contributed by atoms with van der Waals surface area (Å²) in [6, 6.07) is 9.29. The molecule has 2 rings (SSSR count). The average Bonchev–Trinajstić information content (AvgIpc) is 2.61. The molecule has 9 nitrogen and oxygen atoms in total. The Morgan fingerprint density at radius 1 is 1.07 bits per heavy atom. The number of phenols is 1. The molecule has 0 aliphatic heterocycles. The highest BCUT2D eigenvalue weighted by Gasteiger charge is 2.09. The lowest BCUT2D eigenvalue weighted by Gasteiger charge is -2.03. The van der Waals surface area contributed by atoms with E-state index in [0.29, 0.717) is 16.9 Å². The second kappa shape index (κ2) is 10.2. The van der Waals surface area contributed by atoms with Crippen molar-refractivity contribution in [2.24, 2.45) is 10.2 Å². The normalized spacial score (nSPS) is 9.85. The zero-order chi connectivity index (χ0) is 20.4. The Morgan fingerprint density at radius 3 is 2.30 bits per heavy atom. The van der Waals surface area contributed by atoms with Gasteiger partial charge in [-0.2, -0.15) is 19.8 Å². The summed E-state index contributed by atoms with van der Waals surface area (Å²) in [7, 11) is 1.30. The zero-order valence-corrected chi connectivity index (χ0v) is 14.5. The number of phenolic OH excluding ortho intramolecular Hbond substituents is 1. The van der Waals surface area contributed by atoms with Gasteiger partial charge in [-0.15, -0.1) is 0 Å². The van der Waals surface area contributed by atoms with Crippen molar-refractivity contribution in [3.63, 3.8) is 0 Å². The summed E-state index contributed by atoms with van der Waals surface area (Å²) in [4.78, 5) is 38.6. The summed E-state index contributed by atoms with van der Waals surface area (Å²) in [5, 5.41) is 26.5. The SMILES string of the molecule is COC(=O)c1cc(C)cc(N=Nc2ccc(O)c(CC(=O)O)c2)c1.O=C=O. The standard InChI is InChI=1S/C17H16N2O5.CO2/c1-10-5-12(17(23)24-2)8-14(6-10)19-18-13-3-4-15(20)11(7-13)9-16(21)22;2-1-3/h3-8,20H,9H2,1-2H3,(H,21,22);. The molecule has 0 heterocycles. The van der Waals surface area contributed by atoms with Crippen molar-refractivity contribution in [1.82, 2.24) is 0 Å². The van der Waals surface area contributed by atoms with Crippen molar-refractivity contribution in [3.8, 4) is 5.75 Å². The first-order valence-corrected chi connectivity index (χ1v) is 7.45. The molecule has 0 radical (unpaired) electrons. The smallest absolute Gasteiger partial charge is 0.373 e. The molecule has 0 saturated heterocycles. The predicted molar refractivity (Wildman–Crippen MR) is 91.1 cm³/mol. The van der Waals surface area contributed by atoms with Crippen LogP contribution in [0, 0.1) is 6.92 Å². The lowest BCUT2D eigenvalue weighted by atomic mass is 10.1. The molecule has 0 unspecified atom stereocenters. The molecular weight excluding hydrogens is 356 g/mol. The first-order chi connectivity index (χ1) is 12.8. The lowest BCUT2D eigenvalue weighted by Crippen LogP contribution is -2.00. The van der Waals surface area contributed by atoms with Gasteiger partial charge in [0.25, 0.3) is 0 Å². The van der Waals surface area contributed by atoms with Gasteiger partial charge in [0.1, 0.15) is 5.75 Å². The zero-order valence-electron chi connectivity index (χ0n) is 14.5. The molecule has 0 bridgehead atoms. The summed E-state index contributed by atoms with van der Waals surface area (Å²) >= 11 is 0. The third-order valence-corrected chi connectivity index (χ3v) is 3.17. The molecule has 0 aliphatic carbocycles. The highest BCUT2D eigenvalue weighted by Crippen LogP contribution is 2.26. The lowest BCUT2D eigenvalue weighted by molar-refractivity contribution is -0.191. The van der Waals surface area contributed by atoms with E-state index < -0.39 is 11.9 Å². The Morgan fingerprint density at radius 2 is 1.70 bits per heavy atom. The number of carbonyl (C=O) groups is 2. The van der Waals surface area contributed by atoms with Gasteiger partial charge >= 0.3 is 18.1 Å². The number of methoxy groups -OCH3 is 1. The van der Waals surface area contributed by atoms with Crippen LogP contribution in [0.3, 0.4) is 0 Å². The third-order valence-electron chi connectivity index (χ3n) is 3.17. The summed E-state index contributed by atoms with van der Waals surface area (Å²) in [5.74, 6) is -1.63. The number of hydrogen-bond acceptors (Lipinski definition) is 8. The van der Waals surface area contributed by atoms with Gasteiger partial charge in [0, 0.05) is 5.56 Å². The second-order valence-corrected chi connectivity index (χ2v) is 5.22. The van der Waals surface area contributed by atoms with E-state index in [0.717, 1.165) is 5.56 Å². The number of carboxylic acid groups (broad SMARTS) is 1. The van der Waals surface area contributed by atoms with Crippen LogP contribution in [-0.2, 0) is 25.5 Å². The van der Waals surface area contributed by atoms with Gasteiger partial charge in [0.15, 0.2) is 0 Å². The number of esters is 1. The minimum atomic E-state index is -1.05. The van der Waals surface area contributed by atoms with E-state index in [1.807, 2.05) is 6.92 Å². The average molecular weight is 372 g/mol. The van der Waals surface area contributed by atoms with Gasteiger partial charge in [0.2, 0.25) is 0 Å². The van der Waals surface area contributed by atoms with Crippen molar-refractivity contribution in [3.05, 3.63) is 53.1 Å². The van der Waals surface area contributed by atoms with Gasteiger partial charge in [-0.1, -0.05) is 0 Å². The maximum absolute atomic E-state index is 11.6. The molecule has 0 amide bonds. The highest BCUT2D eigenvalue weighted by molar-refractivity contribution is 5.90. The Balaban J connectivity index is 0.00000114. The number of aliphatic carboxylic acids is 1. The van der Waals surface area contributed by atoms with E-state index in [9.17, 15) is 14.7 Å². The molecule has 2 aromatic rings. The molecule has 0 spiro atoms. The molecule has 0 aromatic heterocycles. The van der Waals surface area contributed by atoms with Gasteiger partial charge in [-0.05, 0) is 48.9 Å². The first-order valence-electron chi connectivity index (χ1n) is 7.45. The number of azo groups is 1. The van der Waals surface area contributed by atoms with Crippen LogP contribution in [0.25, 0.3) is 0 Å². The summed E-state index contributed by atoms with van der Waals surface area (Å²) in [6.07, 6.45) is -0.0634. The van der Waals surface area contributed by atoms with Gasteiger partial charge in [-0.3, -0.25) is 4.79 Å². The van der Waals surface area contributed by atoms with Crippen molar-refractivity contribution < 1.29 is 34.1 Å². The van der Waals surface area contributed by atoms with Crippen LogP contribution < -0.4 is 0 Å². The van der Waals surface area contributed by atoms with Crippen LogP contribution in [-0.4, -0.2) is 35.4 Å². The van der Waals surface area contributed by atoms with Gasteiger partial charge in [0.05, 0.1) is 30.5 Å². The number of carbonyl (C=O) groups excluding carboxylic acids is 3. The van der Waals surface area contributed by atoms with Gasteiger partial charge < -0.3 is 14.9 Å². The topological polar surface area (TPSA) is 143 Å². The van der Waals surface area contributed by atoms with Crippen LogP contribution in [0.4, 0.5) is 11.4 Å². The maximum Gasteiger partial charge on any atom is 0.373 e. The quantitative estimate of drug-likeness (QED) is 0.606. The number of aromatic hydroxyl groups is 1. The van der Waals surface area contributed by atoms with Crippen molar-refractivity contribution in [1.29, 1.82) is 0 Å². The Hall–Kier alpha value is -3.84. The number of carboxylic acids is 1. The Labute approximate surface area is 153 Å². The minimum absolute atomic E-state index is 0.111. The molecule has 0 aliphatic rings. The van der Waals surface area contributed by atoms with Crippen LogP contribution in [0.5, 0.6) is 5.75 Å². The second-order valence-electron chi connectivity index (χ2n) is 5.22. The van der Waals surface area contributed by atoms with Crippen LogP contribution >= 0.6 is 0 Å². The molecule has 0 atom stereocenters. The van der Waals surface area contributed by atoms with E-state index in [1.54, 1.807) is 18.2 Å². The molecule has 0 saturated carbocycles. The fourth-order valence-electron chi connectivity index (χ4n) is 2.11. The van der Waals surface area contributed by atoms with Crippen LogP contribution in [0.2, 0.25) is 0 Å². The number of rotatable bonds is 5. The molecular formula is C18H16N2O7. The number of nitrogens with zero attached hydrogens (tertiary/aromatic N) is 2. The molecule has 0 fully saturated rings. The van der Waals surface area contributed by atoms with E-state index >= 15 is 0 Å². The summed E-state index contributed by atoms with van der Waals surface area (Å²) < 4.78 is 4.68. The van der Waals surface area contributed by atoms with Gasteiger partial charge in [-0.25, -0.2) is 4.79 Å². The summed E-state index contributed by atoms with van der Waals surface area (Å²) in [5.41, 5.74) is 2.29. The van der Waals surface area contributed by atoms with E-state index in [1.165, 1.54) is 25.3 Å². The predicted octanol–water partition coefficient (Wildman–Crippen LogP) is 2.95. The first kappa shape index (κ1) is 21.2. The molecule has 2 aromatic carbocycles. The fourth-order valence-corrected chi connectivity index (χ4v) is 2.11. The largest absolute Gasteiger partial charge is 0.508 e. The molecule has 140 valence electrons. The van der Waals surface area contributed by atoms with E-state index in [2.05, 4.69) is 15.0 Å². The number of benzene rings is 2. The molecule has 2 N–H and O–H groups in total. The van der Waals surface area contributed by atoms with E-state index in [-0.39, 0.29) is 23.9 Å². The Bertz CT molecular complexity index is 901. The minimum Gasteiger partial charge on any atom is -0.508 e. The number of aryl methyl sites for hydroxylation is 1. The maximum atomic E-state index is 11.6. The third kappa shape index (κ3) is 6.89. The van der Waals surface area contributed by atoms with Crippen molar-refractivity contribution >= 4 is 29.5 Å². The summed E-state index contributed by atoms with van der Waals surface area (Å²) in [6.45, 7) is 1.82.